The van der Waals surface area contributed by atoms with E-state index in [9.17, 15) is 0 Å². The quantitative estimate of drug-likeness (QED) is 0.687. The van der Waals surface area contributed by atoms with E-state index in [1.165, 1.54) is 5.56 Å². The van der Waals surface area contributed by atoms with E-state index in [1.54, 1.807) is 0 Å². The minimum atomic E-state index is 0.777. The van der Waals surface area contributed by atoms with Crippen LogP contribution in [0.3, 0.4) is 0 Å². The lowest BCUT2D eigenvalue weighted by atomic mass is 10.1. The fourth-order valence-electron chi connectivity index (χ4n) is 1.63. The summed E-state index contributed by atoms with van der Waals surface area (Å²) in [6.07, 6.45) is 2.13. The van der Waals surface area contributed by atoms with E-state index in [1.807, 2.05) is 36.4 Å². The van der Waals surface area contributed by atoms with Crippen LogP contribution in [0.5, 0.6) is 5.75 Å². The highest BCUT2D eigenvalue weighted by Crippen LogP contribution is 2.09. The summed E-state index contributed by atoms with van der Waals surface area (Å²) in [5, 5.41) is 0. The van der Waals surface area contributed by atoms with Crippen LogP contribution in [0.25, 0.3) is 0 Å². The molecule has 0 bridgehead atoms. The van der Waals surface area contributed by atoms with Gasteiger partial charge in [0.2, 0.25) is 0 Å². The molecule has 82 valence electrons. The van der Waals surface area contributed by atoms with Crippen molar-refractivity contribution in [2.45, 2.75) is 12.8 Å². The summed E-state index contributed by atoms with van der Waals surface area (Å²) in [5.74, 6) is 0.954. The number of para-hydroxylation sites is 1. The fraction of sp³-hybridized carbons (Fsp3) is 0.200. The van der Waals surface area contributed by atoms with Crippen LogP contribution < -0.4 is 4.74 Å². The van der Waals surface area contributed by atoms with Gasteiger partial charge >= 0.3 is 0 Å². The third kappa shape index (κ3) is 3.43. The zero-order valence-electron chi connectivity index (χ0n) is 9.30. The molecule has 0 saturated carbocycles. The maximum Gasteiger partial charge on any atom is 0.119 e. The van der Waals surface area contributed by atoms with E-state index in [0.29, 0.717) is 0 Å². The van der Waals surface area contributed by atoms with Gasteiger partial charge in [-0.2, -0.15) is 0 Å². The lowest BCUT2D eigenvalue weighted by Gasteiger charge is -2.05. The third-order valence-corrected chi connectivity index (χ3v) is 2.46. The van der Waals surface area contributed by atoms with Gasteiger partial charge < -0.3 is 4.74 Å². The smallest absolute Gasteiger partial charge is 0.119 e. The monoisotopic (exact) mass is 212 g/mol. The highest BCUT2D eigenvalue weighted by atomic mass is 16.5. The van der Waals surface area contributed by atoms with Crippen LogP contribution in [0.15, 0.2) is 60.7 Å². The minimum Gasteiger partial charge on any atom is -0.494 e. The standard InChI is InChI=1S/C15H16O/c1-3-8-14(9-4-1)10-7-13-16-15-11-5-2-6-12-15/h1-6,8-9,11-12H,7,10,13H2. The molecule has 0 heterocycles. The Morgan fingerprint density at radius 1 is 0.750 bits per heavy atom. The molecule has 2 aromatic rings. The van der Waals surface area contributed by atoms with Crippen LogP contribution in [0.2, 0.25) is 0 Å². The van der Waals surface area contributed by atoms with Gasteiger partial charge in [-0.3, -0.25) is 0 Å². The second-order valence-corrected chi connectivity index (χ2v) is 3.75. The minimum absolute atomic E-state index is 0.777. The molecule has 0 aliphatic carbocycles. The lowest BCUT2D eigenvalue weighted by molar-refractivity contribution is 0.311. The van der Waals surface area contributed by atoms with Crippen molar-refractivity contribution in [2.75, 3.05) is 6.61 Å². The molecule has 16 heavy (non-hydrogen) atoms. The van der Waals surface area contributed by atoms with Crippen molar-refractivity contribution >= 4 is 0 Å². The Labute approximate surface area is 96.7 Å². The molecule has 1 nitrogen and oxygen atoms in total. The Bertz CT molecular complexity index is 353. The summed E-state index contributed by atoms with van der Waals surface area (Å²) < 4.78 is 5.63. The van der Waals surface area contributed by atoms with Crippen molar-refractivity contribution in [2.24, 2.45) is 0 Å². The molecule has 0 unspecified atom stereocenters. The second-order valence-electron chi connectivity index (χ2n) is 3.75. The van der Waals surface area contributed by atoms with Gasteiger partial charge in [0.25, 0.3) is 0 Å². The Morgan fingerprint density at radius 3 is 2.06 bits per heavy atom. The topological polar surface area (TPSA) is 9.23 Å². The predicted octanol–water partition coefficient (Wildman–Crippen LogP) is 3.70. The first-order valence-corrected chi connectivity index (χ1v) is 5.67. The number of ether oxygens (including phenoxy) is 1. The van der Waals surface area contributed by atoms with E-state index in [2.05, 4.69) is 24.3 Å². The first-order valence-electron chi connectivity index (χ1n) is 5.67. The van der Waals surface area contributed by atoms with Crippen LogP contribution in [0, 0.1) is 0 Å². The van der Waals surface area contributed by atoms with Gasteiger partial charge in [-0.05, 0) is 30.5 Å². The molecule has 2 rings (SSSR count). The Balaban J connectivity index is 1.70. The molecule has 2 aromatic carbocycles. The summed E-state index contributed by atoms with van der Waals surface area (Å²) >= 11 is 0. The van der Waals surface area contributed by atoms with Crippen LogP contribution in [0.4, 0.5) is 0 Å². The molecule has 0 aliphatic rings. The lowest BCUT2D eigenvalue weighted by Crippen LogP contribution is -1.98. The average Bonchev–Trinajstić information content (AvgIpc) is 2.37. The first kappa shape index (κ1) is 10.7. The van der Waals surface area contributed by atoms with E-state index < -0.39 is 0 Å². The van der Waals surface area contributed by atoms with Gasteiger partial charge in [0.1, 0.15) is 5.75 Å². The molecule has 0 atom stereocenters. The largest absolute Gasteiger partial charge is 0.494 e. The molecule has 0 aromatic heterocycles. The van der Waals surface area contributed by atoms with E-state index in [4.69, 9.17) is 4.74 Å². The molecule has 0 radical (unpaired) electrons. The van der Waals surface area contributed by atoms with Crippen molar-refractivity contribution in [3.05, 3.63) is 66.2 Å². The van der Waals surface area contributed by atoms with Crippen molar-refractivity contribution in [3.8, 4) is 5.75 Å². The van der Waals surface area contributed by atoms with Crippen molar-refractivity contribution in [1.29, 1.82) is 0 Å². The summed E-state index contributed by atoms with van der Waals surface area (Å²) in [7, 11) is 0. The van der Waals surface area contributed by atoms with Gasteiger partial charge in [0.05, 0.1) is 6.61 Å². The molecule has 0 saturated heterocycles. The molecule has 0 amide bonds. The van der Waals surface area contributed by atoms with Crippen LogP contribution in [0.1, 0.15) is 12.0 Å². The zero-order valence-corrected chi connectivity index (χ0v) is 9.30. The molecule has 0 aliphatic heterocycles. The number of rotatable bonds is 5. The van der Waals surface area contributed by atoms with Crippen molar-refractivity contribution in [3.63, 3.8) is 0 Å². The van der Waals surface area contributed by atoms with E-state index in [-0.39, 0.29) is 0 Å². The highest BCUT2D eigenvalue weighted by molar-refractivity contribution is 5.21. The maximum absolute atomic E-state index is 5.63. The zero-order chi connectivity index (χ0) is 11.1. The van der Waals surface area contributed by atoms with E-state index >= 15 is 0 Å². The molecular formula is C15H16O. The normalized spacial score (nSPS) is 10.0. The Kier molecular flexibility index (Phi) is 4.00. The number of aryl methyl sites for hydroxylation is 1. The average molecular weight is 212 g/mol. The second kappa shape index (κ2) is 5.96. The van der Waals surface area contributed by atoms with Gasteiger partial charge in [-0.1, -0.05) is 48.5 Å². The first-order chi connectivity index (χ1) is 7.95. The summed E-state index contributed by atoms with van der Waals surface area (Å²) in [4.78, 5) is 0. The van der Waals surface area contributed by atoms with E-state index in [0.717, 1.165) is 25.2 Å². The third-order valence-electron chi connectivity index (χ3n) is 2.46. The fourth-order valence-corrected chi connectivity index (χ4v) is 1.63. The Hall–Kier alpha value is -1.76. The van der Waals surface area contributed by atoms with Crippen molar-refractivity contribution < 1.29 is 4.74 Å². The summed E-state index contributed by atoms with van der Waals surface area (Å²) in [5.41, 5.74) is 1.37. The van der Waals surface area contributed by atoms with Gasteiger partial charge in [-0.25, -0.2) is 0 Å². The van der Waals surface area contributed by atoms with Gasteiger partial charge in [0.15, 0.2) is 0 Å². The SMILES string of the molecule is c1ccc(CCCOc2ccccc2)cc1. The summed E-state index contributed by atoms with van der Waals surface area (Å²) in [6, 6.07) is 20.5. The molecule has 0 spiro atoms. The van der Waals surface area contributed by atoms with Gasteiger partial charge in [0, 0.05) is 0 Å². The van der Waals surface area contributed by atoms with Gasteiger partial charge in [-0.15, -0.1) is 0 Å². The summed E-state index contributed by atoms with van der Waals surface area (Å²) in [6.45, 7) is 0.777. The Morgan fingerprint density at radius 2 is 1.38 bits per heavy atom. The molecular weight excluding hydrogens is 196 g/mol. The molecule has 0 fully saturated rings. The maximum atomic E-state index is 5.63. The molecule has 0 N–H and O–H groups in total. The van der Waals surface area contributed by atoms with Crippen molar-refractivity contribution in [1.82, 2.24) is 0 Å². The highest BCUT2D eigenvalue weighted by Gasteiger charge is 1.93. The number of hydrogen-bond donors (Lipinski definition) is 0. The van der Waals surface area contributed by atoms with Crippen LogP contribution in [-0.2, 0) is 6.42 Å². The van der Waals surface area contributed by atoms with Crippen LogP contribution >= 0.6 is 0 Å². The predicted molar refractivity (Wildman–Crippen MR) is 66.7 cm³/mol. The number of hydrogen-bond acceptors (Lipinski definition) is 1. The number of benzene rings is 2. The molecule has 1 heteroatoms. The van der Waals surface area contributed by atoms with Crippen LogP contribution in [-0.4, -0.2) is 6.61 Å².